The summed E-state index contributed by atoms with van der Waals surface area (Å²) in [5.74, 6) is -0.770. The molecule has 144 valence electrons. The van der Waals surface area contributed by atoms with Crippen LogP contribution >= 0.6 is 0 Å². The third-order valence-electron chi connectivity index (χ3n) is 4.10. The molecular weight excluding hydrogens is 348 g/mol. The van der Waals surface area contributed by atoms with Crippen molar-refractivity contribution in [3.63, 3.8) is 0 Å². The lowest BCUT2D eigenvalue weighted by Crippen LogP contribution is -2.27. The highest BCUT2D eigenvalue weighted by Crippen LogP contribution is 2.20. The molecule has 7 nitrogen and oxygen atoms in total. The zero-order valence-corrected chi connectivity index (χ0v) is 15.5. The topological polar surface area (TPSA) is 97.6 Å². The van der Waals surface area contributed by atoms with Crippen molar-refractivity contribution in [3.05, 3.63) is 54.0 Å². The molecule has 7 heteroatoms. The summed E-state index contributed by atoms with van der Waals surface area (Å²) in [6, 6.07) is 10.7. The summed E-state index contributed by atoms with van der Waals surface area (Å²) in [6.45, 7) is 3.98. The van der Waals surface area contributed by atoms with Crippen molar-refractivity contribution in [3.8, 4) is 0 Å². The first kappa shape index (κ1) is 20.2. The second-order valence-electron chi connectivity index (χ2n) is 6.12. The molecule has 0 fully saturated rings. The zero-order valence-electron chi connectivity index (χ0n) is 15.5. The molecule has 0 spiro atoms. The Morgan fingerprint density at radius 2 is 1.89 bits per heavy atom. The maximum atomic E-state index is 11.9. The van der Waals surface area contributed by atoms with Crippen molar-refractivity contribution >= 4 is 23.5 Å². The molecule has 0 saturated heterocycles. The SMILES string of the molecule is CCC(C)c1ccc(NC(=O)COC(=O)CCNC(=O)c2ccco2)cc1. The van der Waals surface area contributed by atoms with Crippen molar-refractivity contribution < 1.29 is 23.5 Å². The van der Waals surface area contributed by atoms with Gasteiger partial charge in [-0.1, -0.05) is 26.0 Å². The van der Waals surface area contributed by atoms with E-state index in [1.54, 1.807) is 6.07 Å². The smallest absolute Gasteiger partial charge is 0.308 e. The largest absolute Gasteiger partial charge is 0.459 e. The van der Waals surface area contributed by atoms with Crippen LogP contribution in [0, 0.1) is 0 Å². The van der Waals surface area contributed by atoms with Gasteiger partial charge in [-0.05, 0) is 42.2 Å². The van der Waals surface area contributed by atoms with E-state index in [0.29, 0.717) is 11.6 Å². The lowest BCUT2D eigenvalue weighted by molar-refractivity contribution is -0.147. The van der Waals surface area contributed by atoms with E-state index in [1.165, 1.54) is 17.9 Å². The maximum Gasteiger partial charge on any atom is 0.308 e. The summed E-state index contributed by atoms with van der Waals surface area (Å²) in [7, 11) is 0. The summed E-state index contributed by atoms with van der Waals surface area (Å²) >= 11 is 0. The van der Waals surface area contributed by atoms with Crippen molar-refractivity contribution in [2.45, 2.75) is 32.6 Å². The molecule has 2 rings (SSSR count). The molecule has 0 bridgehead atoms. The number of hydrogen-bond donors (Lipinski definition) is 2. The summed E-state index contributed by atoms with van der Waals surface area (Å²) in [4.78, 5) is 35.1. The van der Waals surface area contributed by atoms with Crippen molar-refractivity contribution in [1.82, 2.24) is 5.32 Å². The van der Waals surface area contributed by atoms with E-state index in [-0.39, 0.29) is 25.3 Å². The van der Waals surface area contributed by atoms with Gasteiger partial charge in [0.2, 0.25) is 0 Å². The van der Waals surface area contributed by atoms with Crippen LogP contribution < -0.4 is 10.6 Å². The number of carbonyl (C=O) groups is 3. The molecule has 0 aliphatic rings. The summed E-state index contributed by atoms with van der Waals surface area (Å²) < 4.78 is 9.84. The van der Waals surface area contributed by atoms with Gasteiger partial charge in [-0.3, -0.25) is 14.4 Å². The normalized spacial score (nSPS) is 11.5. The van der Waals surface area contributed by atoms with Gasteiger partial charge in [0.1, 0.15) is 0 Å². The Bertz CT molecular complexity index is 753. The number of carbonyl (C=O) groups excluding carboxylic acids is 3. The second kappa shape index (κ2) is 10.2. The van der Waals surface area contributed by atoms with Crippen LogP contribution in [-0.2, 0) is 14.3 Å². The minimum atomic E-state index is -0.572. The van der Waals surface area contributed by atoms with Gasteiger partial charge >= 0.3 is 5.97 Å². The molecule has 1 aromatic heterocycles. The van der Waals surface area contributed by atoms with Crippen LogP contribution in [0.3, 0.4) is 0 Å². The van der Waals surface area contributed by atoms with Crippen LogP contribution in [0.2, 0.25) is 0 Å². The van der Waals surface area contributed by atoms with Gasteiger partial charge in [0.15, 0.2) is 12.4 Å². The van der Waals surface area contributed by atoms with Crippen LogP contribution in [0.4, 0.5) is 5.69 Å². The second-order valence-corrected chi connectivity index (χ2v) is 6.12. The van der Waals surface area contributed by atoms with Gasteiger partial charge in [0.05, 0.1) is 12.7 Å². The first-order valence-corrected chi connectivity index (χ1v) is 8.86. The molecule has 2 aromatic rings. The summed E-state index contributed by atoms with van der Waals surface area (Å²) in [5.41, 5.74) is 1.85. The van der Waals surface area contributed by atoms with Gasteiger partial charge in [-0.15, -0.1) is 0 Å². The summed E-state index contributed by atoms with van der Waals surface area (Å²) in [5, 5.41) is 5.20. The monoisotopic (exact) mass is 372 g/mol. The standard InChI is InChI=1S/C20H24N2O5/c1-3-14(2)15-6-8-16(9-7-15)22-18(23)13-27-19(24)10-11-21-20(25)17-5-4-12-26-17/h4-9,12,14H,3,10-11,13H2,1-2H3,(H,21,25)(H,22,23). The van der Waals surface area contributed by atoms with E-state index in [1.807, 2.05) is 24.3 Å². The first-order valence-electron chi connectivity index (χ1n) is 8.86. The number of hydrogen-bond acceptors (Lipinski definition) is 5. The van der Waals surface area contributed by atoms with Crippen LogP contribution in [0.15, 0.2) is 47.1 Å². The molecule has 1 aromatic carbocycles. The van der Waals surface area contributed by atoms with E-state index >= 15 is 0 Å². The minimum Gasteiger partial charge on any atom is -0.459 e. The van der Waals surface area contributed by atoms with Crippen LogP contribution in [-0.4, -0.2) is 30.9 Å². The van der Waals surface area contributed by atoms with Gasteiger partial charge in [-0.2, -0.15) is 0 Å². The number of nitrogens with one attached hydrogen (secondary N) is 2. The Balaban J connectivity index is 1.65. The van der Waals surface area contributed by atoms with E-state index in [4.69, 9.17) is 9.15 Å². The van der Waals surface area contributed by atoms with Gasteiger partial charge in [-0.25, -0.2) is 0 Å². The number of amides is 2. The molecule has 1 unspecified atom stereocenters. The predicted molar refractivity (Wildman–Crippen MR) is 100 cm³/mol. The molecule has 1 heterocycles. The number of benzene rings is 1. The van der Waals surface area contributed by atoms with Crippen molar-refractivity contribution in [1.29, 1.82) is 0 Å². The highest BCUT2D eigenvalue weighted by Gasteiger charge is 2.11. The fourth-order valence-corrected chi connectivity index (χ4v) is 2.32. The Labute approximate surface area is 158 Å². The molecule has 0 aliphatic heterocycles. The average Bonchev–Trinajstić information content (AvgIpc) is 3.21. The molecule has 2 amide bonds. The number of ether oxygens (including phenoxy) is 1. The van der Waals surface area contributed by atoms with E-state index in [2.05, 4.69) is 24.5 Å². The van der Waals surface area contributed by atoms with Gasteiger partial charge in [0, 0.05) is 12.2 Å². The molecule has 2 N–H and O–H groups in total. The molecule has 0 aliphatic carbocycles. The third kappa shape index (κ3) is 6.62. The molecular formula is C20H24N2O5. The summed E-state index contributed by atoms with van der Waals surface area (Å²) in [6.07, 6.45) is 2.40. The van der Waals surface area contributed by atoms with E-state index in [0.717, 1.165) is 6.42 Å². The predicted octanol–water partition coefficient (Wildman–Crippen LogP) is 3.09. The Morgan fingerprint density at radius 3 is 2.52 bits per heavy atom. The molecule has 0 saturated carbocycles. The fraction of sp³-hybridized carbons (Fsp3) is 0.350. The van der Waals surface area contributed by atoms with Crippen molar-refractivity contribution in [2.75, 3.05) is 18.5 Å². The van der Waals surface area contributed by atoms with E-state index in [9.17, 15) is 14.4 Å². The highest BCUT2D eigenvalue weighted by molar-refractivity contribution is 5.93. The first-order chi connectivity index (χ1) is 13.0. The lowest BCUT2D eigenvalue weighted by atomic mass is 9.99. The van der Waals surface area contributed by atoms with Gasteiger partial charge in [0.25, 0.3) is 11.8 Å². The molecule has 0 radical (unpaired) electrons. The third-order valence-corrected chi connectivity index (χ3v) is 4.10. The van der Waals surface area contributed by atoms with Crippen LogP contribution in [0.25, 0.3) is 0 Å². The molecule has 27 heavy (non-hydrogen) atoms. The lowest BCUT2D eigenvalue weighted by Gasteiger charge is -2.10. The van der Waals surface area contributed by atoms with Crippen molar-refractivity contribution in [2.24, 2.45) is 0 Å². The van der Waals surface area contributed by atoms with Gasteiger partial charge < -0.3 is 19.8 Å². The quantitative estimate of drug-likeness (QED) is 0.659. The molecule has 1 atom stereocenters. The fourth-order valence-electron chi connectivity index (χ4n) is 2.32. The minimum absolute atomic E-state index is 0.0384. The Hall–Kier alpha value is -3.09. The Morgan fingerprint density at radius 1 is 1.15 bits per heavy atom. The van der Waals surface area contributed by atoms with Crippen LogP contribution in [0.5, 0.6) is 0 Å². The highest BCUT2D eigenvalue weighted by atomic mass is 16.5. The Kier molecular flexibility index (Phi) is 7.61. The number of rotatable bonds is 9. The maximum absolute atomic E-state index is 11.9. The number of anilines is 1. The number of esters is 1. The average molecular weight is 372 g/mol. The van der Waals surface area contributed by atoms with E-state index < -0.39 is 17.8 Å². The number of furan rings is 1. The zero-order chi connectivity index (χ0) is 19.6. The van der Waals surface area contributed by atoms with Crippen LogP contribution in [0.1, 0.15) is 48.7 Å².